The van der Waals surface area contributed by atoms with Gasteiger partial charge >= 0.3 is 5.97 Å². The maximum absolute atomic E-state index is 11.5. The Labute approximate surface area is 141 Å². The van der Waals surface area contributed by atoms with E-state index in [0.717, 1.165) is 19.4 Å². The number of aliphatic carboxylic acids is 1. The van der Waals surface area contributed by atoms with Gasteiger partial charge in [0.2, 0.25) is 11.8 Å². The molecule has 2 rings (SSSR count). The maximum atomic E-state index is 11.5. The van der Waals surface area contributed by atoms with Gasteiger partial charge in [0.1, 0.15) is 0 Å². The molecule has 0 unspecified atom stereocenters. The topological polar surface area (TPSA) is 125 Å². The number of hydrogen-bond donors (Lipinski definition) is 4. The first-order valence-corrected chi connectivity index (χ1v) is 8.25. The Kier molecular flexibility index (Phi) is 5.95. The number of carboxylic acid groups (broad SMARTS) is 1. The number of nitrogens with two attached hydrogens (primary N) is 1. The first-order chi connectivity index (χ1) is 11.3. The Balaban J connectivity index is 2.22. The van der Waals surface area contributed by atoms with Gasteiger partial charge in [-0.15, -0.1) is 0 Å². The van der Waals surface area contributed by atoms with Crippen molar-refractivity contribution in [2.24, 2.45) is 5.73 Å². The van der Waals surface area contributed by atoms with Gasteiger partial charge in [-0.2, -0.15) is 0 Å². The summed E-state index contributed by atoms with van der Waals surface area (Å²) in [6.45, 7) is 4.29. The maximum Gasteiger partial charge on any atom is 0.331 e. The molecule has 1 aliphatic carbocycles. The zero-order chi connectivity index (χ0) is 17.9. The quantitative estimate of drug-likeness (QED) is 0.532. The first-order valence-electron chi connectivity index (χ1n) is 8.25. The number of rotatable bonds is 4. The molecule has 8 heteroatoms. The van der Waals surface area contributed by atoms with Crippen molar-refractivity contribution in [3.63, 3.8) is 0 Å². The molecule has 1 heterocycles. The number of likely N-dealkylation sites (tertiary alicyclic amines) is 1. The van der Waals surface area contributed by atoms with E-state index in [2.05, 4.69) is 15.5 Å². The summed E-state index contributed by atoms with van der Waals surface area (Å²) in [4.78, 5) is 36.3. The van der Waals surface area contributed by atoms with Crippen LogP contribution in [0.2, 0.25) is 0 Å². The summed E-state index contributed by atoms with van der Waals surface area (Å²) >= 11 is 0. The standard InChI is InChI=1S/C16H26N4O4/c1-9(21)18-12-4-3-5-20(8-12)14-7-11(16(23)24)6-13(17)15(14)19-10(2)22/h7,12-15H,3-6,8,17H2,1-2H3,(H,18,21)(H,19,22)(H,23,24)/t12-,13+,14-,15-/m1/s1. The molecule has 0 bridgehead atoms. The van der Waals surface area contributed by atoms with E-state index in [4.69, 9.17) is 5.73 Å². The third-order valence-electron chi connectivity index (χ3n) is 4.58. The summed E-state index contributed by atoms with van der Waals surface area (Å²) in [5.74, 6) is -1.25. The Morgan fingerprint density at radius 1 is 1.25 bits per heavy atom. The third-order valence-corrected chi connectivity index (χ3v) is 4.58. The Morgan fingerprint density at radius 3 is 2.50 bits per heavy atom. The lowest BCUT2D eigenvalue weighted by molar-refractivity contribution is -0.133. The fourth-order valence-corrected chi connectivity index (χ4v) is 3.61. The van der Waals surface area contributed by atoms with Gasteiger partial charge in [0.15, 0.2) is 0 Å². The molecule has 0 radical (unpaired) electrons. The van der Waals surface area contributed by atoms with E-state index in [-0.39, 0.29) is 41.9 Å². The van der Waals surface area contributed by atoms with Crippen LogP contribution in [0.15, 0.2) is 11.6 Å². The minimum atomic E-state index is -0.979. The van der Waals surface area contributed by atoms with Gasteiger partial charge in [-0.05, 0) is 25.8 Å². The molecule has 24 heavy (non-hydrogen) atoms. The highest BCUT2D eigenvalue weighted by Gasteiger charge is 2.38. The van der Waals surface area contributed by atoms with Gasteiger partial charge in [-0.25, -0.2) is 4.79 Å². The number of amides is 2. The van der Waals surface area contributed by atoms with Gasteiger partial charge in [0.25, 0.3) is 0 Å². The molecule has 0 saturated carbocycles. The molecule has 5 N–H and O–H groups in total. The number of nitrogens with one attached hydrogen (secondary N) is 2. The molecule has 0 aromatic carbocycles. The summed E-state index contributed by atoms with van der Waals surface area (Å²) in [7, 11) is 0. The Morgan fingerprint density at radius 2 is 1.92 bits per heavy atom. The van der Waals surface area contributed by atoms with Gasteiger partial charge in [-0.1, -0.05) is 6.08 Å². The van der Waals surface area contributed by atoms with Crippen LogP contribution in [0, 0.1) is 0 Å². The second-order valence-corrected chi connectivity index (χ2v) is 6.62. The Bertz CT molecular complexity index is 548. The molecule has 4 atom stereocenters. The van der Waals surface area contributed by atoms with Crippen LogP contribution in [0.1, 0.15) is 33.1 Å². The molecule has 2 aliphatic rings. The lowest BCUT2D eigenvalue weighted by atomic mass is 9.85. The summed E-state index contributed by atoms with van der Waals surface area (Å²) in [5, 5.41) is 15.1. The minimum Gasteiger partial charge on any atom is -0.478 e. The van der Waals surface area contributed by atoms with Crippen molar-refractivity contribution in [1.29, 1.82) is 0 Å². The molecule has 1 saturated heterocycles. The largest absolute Gasteiger partial charge is 0.478 e. The fraction of sp³-hybridized carbons (Fsp3) is 0.688. The predicted molar refractivity (Wildman–Crippen MR) is 88.1 cm³/mol. The van der Waals surface area contributed by atoms with E-state index in [9.17, 15) is 19.5 Å². The van der Waals surface area contributed by atoms with E-state index >= 15 is 0 Å². The number of piperidine rings is 1. The van der Waals surface area contributed by atoms with Gasteiger partial charge in [0, 0.05) is 38.0 Å². The molecule has 2 amide bonds. The highest BCUT2D eigenvalue weighted by molar-refractivity contribution is 5.87. The monoisotopic (exact) mass is 338 g/mol. The molecule has 134 valence electrons. The van der Waals surface area contributed by atoms with E-state index in [1.54, 1.807) is 6.08 Å². The van der Waals surface area contributed by atoms with Crippen LogP contribution in [-0.2, 0) is 14.4 Å². The number of carbonyl (C=O) groups excluding carboxylic acids is 2. The number of carboxylic acids is 1. The Hall–Kier alpha value is -1.93. The highest BCUT2D eigenvalue weighted by atomic mass is 16.4. The van der Waals surface area contributed by atoms with E-state index in [1.807, 2.05) is 0 Å². The van der Waals surface area contributed by atoms with Crippen molar-refractivity contribution in [1.82, 2.24) is 15.5 Å². The fourth-order valence-electron chi connectivity index (χ4n) is 3.61. The molecule has 1 aliphatic heterocycles. The van der Waals surface area contributed by atoms with Crippen LogP contribution in [-0.4, -0.2) is 65.0 Å². The van der Waals surface area contributed by atoms with Crippen LogP contribution in [0.5, 0.6) is 0 Å². The average molecular weight is 338 g/mol. The highest BCUT2D eigenvalue weighted by Crippen LogP contribution is 2.25. The third kappa shape index (κ3) is 4.55. The molecule has 0 aromatic rings. The smallest absolute Gasteiger partial charge is 0.331 e. The van der Waals surface area contributed by atoms with Crippen LogP contribution >= 0.6 is 0 Å². The van der Waals surface area contributed by atoms with Gasteiger partial charge in [-0.3, -0.25) is 14.5 Å². The molecular formula is C16H26N4O4. The zero-order valence-corrected chi connectivity index (χ0v) is 14.1. The lowest BCUT2D eigenvalue weighted by Gasteiger charge is -2.44. The number of hydrogen-bond acceptors (Lipinski definition) is 5. The normalized spacial score (nSPS) is 31.0. The summed E-state index contributed by atoms with van der Waals surface area (Å²) in [6.07, 6.45) is 3.69. The van der Waals surface area contributed by atoms with Crippen LogP contribution < -0.4 is 16.4 Å². The average Bonchev–Trinajstić information content (AvgIpc) is 2.48. The number of nitrogens with zero attached hydrogens (tertiary/aromatic N) is 1. The SMILES string of the molecule is CC(=O)N[C@@H]1CCCN([C@@H]2C=C(C(=O)O)C[C@H](N)[C@H]2NC(C)=O)C1. The zero-order valence-electron chi connectivity index (χ0n) is 14.1. The first kappa shape index (κ1) is 18.4. The van der Waals surface area contributed by atoms with E-state index < -0.39 is 12.0 Å². The predicted octanol–water partition coefficient (Wildman–Crippen LogP) is -0.798. The van der Waals surface area contributed by atoms with Crippen molar-refractivity contribution in [3.8, 4) is 0 Å². The van der Waals surface area contributed by atoms with E-state index in [0.29, 0.717) is 6.54 Å². The summed E-state index contributed by atoms with van der Waals surface area (Å²) in [6, 6.07) is -1.08. The van der Waals surface area contributed by atoms with Crippen molar-refractivity contribution in [2.45, 2.75) is 57.3 Å². The van der Waals surface area contributed by atoms with Gasteiger partial charge in [0.05, 0.1) is 12.1 Å². The lowest BCUT2D eigenvalue weighted by Crippen LogP contribution is -2.63. The van der Waals surface area contributed by atoms with Crippen LogP contribution in [0.4, 0.5) is 0 Å². The van der Waals surface area contributed by atoms with Crippen molar-refractivity contribution < 1.29 is 19.5 Å². The summed E-state index contributed by atoms with van der Waals surface area (Å²) in [5.41, 5.74) is 6.43. The van der Waals surface area contributed by atoms with Crippen molar-refractivity contribution >= 4 is 17.8 Å². The van der Waals surface area contributed by atoms with Crippen LogP contribution in [0.3, 0.4) is 0 Å². The van der Waals surface area contributed by atoms with Crippen molar-refractivity contribution in [3.05, 3.63) is 11.6 Å². The second-order valence-electron chi connectivity index (χ2n) is 6.62. The molecule has 0 aromatic heterocycles. The van der Waals surface area contributed by atoms with Gasteiger partial charge < -0.3 is 21.5 Å². The number of carbonyl (C=O) groups is 3. The minimum absolute atomic E-state index is 0.0223. The second kappa shape index (κ2) is 7.76. The van der Waals surface area contributed by atoms with Crippen LogP contribution in [0.25, 0.3) is 0 Å². The summed E-state index contributed by atoms with van der Waals surface area (Å²) < 4.78 is 0. The van der Waals surface area contributed by atoms with E-state index in [1.165, 1.54) is 13.8 Å². The molecular weight excluding hydrogens is 312 g/mol. The molecule has 0 spiro atoms. The van der Waals surface area contributed by atoms with Crippen molar-refractivity contribution in [2.75, 3.05) is 13.1 Å². The molecule has 1 fully saturated rings. The molecule has 8 nitrogen and oxygen atoms in total.